The van der Waals surface area contributed by atoms with Crippen molar-refractivity contribution in [1.82, 2.24) is 9.80 Å². The van der Waals surface area contributed by atoms with Crippen molar-refractivity contribution in [1.29, 1.82) is 0 Å². The Balaban J connectivity index is 1.59. The molecule has 162 valence electrons. The van der Waals surface area contributed by atoms with Crippen LogP contribution in [-0.4, -0.2) is 53.6 Å². The molecule has 1 aliphatic heterocycles. The Bertz CT molecular complexity index is 847. The average molecular weight is 425 g/mol. The fourth-order valence-corrected chi connectivity index (χ4v) is 3.98. The van der Waals surface area contributed by atoms with Crippen LogP contribution in [0.2, 0.25) is 0 Å². The summed E-state index contributed by atoms with van der Waals surface area (Å²) in [4.78, 5) is 51.4. The molecule has 0 unspecified atom stereocenters. The molecule has 1 saturated carbocycles. The number of likely N-dealkylation sites (tertiary alicyclic amines) is 1. The Hall–Kier alpha value is -2.91. The van der Waals surface area contributed by atoms with Crippen LogP contribution in [0.4, 0.5) is 18.9 Å². The number of hydrogen-bond acceptors (Lipinski definition) is 4. The van der Waals surface area contributed by atoms with Crippen LogP contribution < -0.4 is 5.32 Å². The van der Waals surface area contributed by atoms with Gasteiger partial charge in [0.05, 0.1) is 29.6 Å². The lowest BCUT2D eigenvalue weighted by atomic mass is 9.81. The Labute approximate surface area is 171 Å². The number of rotatable bonds is 5. The maximum absolute atomic E-state index is 13.0. The van der Waals surface area contributed by atoms with Gasteiger partial charge in [-0.05, 0) is 25.0 Å². The van der Waals surface area contributed by atoms with Crippen LogP contribution in [0.5, 0.6) is 0 Å². The summed E-state index contributed by atoms with van der Waals surface area (Å²) in [7, 11) is 1.29. The average Bonchev–Trinajstić information content (AvgIpc) is 2.92. The van der Waals surface area contributed by atoms with Crippen molar-refractivity contribution in [3.63, 3.8) is 0 Å². The molecule has 2 atom stereocenters. The monoisotopic (exact) mass is 425 g/mol. The van der Waals surface area contributed by atoms with Crippen molar-refractivity contribution in [2.24, 2.45) is 11.8 Å². The number of amides is 4. The van der Waals surface area contributed by atoms with Gasteiger partial charge in [-0.25, -0.2) is 0 Å². The highest BCUT2D eigenvalue weighted by molar-refractivity contribution is 6.07. The highest BCUT2D eigenvalue weighted by atomic mass is 19.4. The second-order valence-corrected chi connectivity index (χ2v) is 7.60. The van der Waals surface area contributed by atoms with E-state index < -0.39 is 42.3 Å². The van der Waals surface area contributed by atoms with Gasteiger partial charge >= 0.3 is 6.18 Å². The lowest BCUT2D eigenvalue weighted by molar-refractivity contribution is -0.146. The van der Waals surface area contributed by atoms with Gasteiger partial charge in [-0.3, -0.25) is 24.1 Å². The fraction of sp³-hybridized carbons (Fsp3) is 0.500. The first-order valence-electron chi connectivity index (χ1n) is 9.65. The van der Waals surface area contributed by atoms with Gasteiger partial charge in [-0.15, -0.1) is 0 Å². The molecule has 7 nitrogen and oxygen atoms in total. The molecule has 1 heterocycles. The zero-order valence-electron chi connectivity index (χ0n) is 16.4. The van der Waals surface area contributed by atoms with Crippen molar-refractivity contribution >= 4 is 29.3 Å². The maximum atomic E-state index is 13.0. The molecular formula is C20H22F3N3O4. The summed E-state index contributed by atoms with van der Waals surface area (Å²) < 4.78 is 39.1. The summed E-state index contributed by atoms with van der Waals surface area (Å²) in [5.74, 6) is -2.96. The van der Waals surface area contributed by atoms with Crippen LogP contribution in [0.3, 0.4) is 0 Å². The molecule has 0 radical (unpaired) electrons. The van der Waals surface area contributed by atoms with Crippen LogP contribution in [-0.2, 0) is 25.4 Å². The molecule has 1 aromatic carbocycles. The number of imide groups is 1. The highest BCUT2D eigenvalue weighted by Gasteiger charge is 2.48. The number of para-hydroxylation sites is 1. The topological polar surface area (TPSA) is 86.8 Å². The van der Waals surface area contributed by atoms with Crippen LogP contribution in [0, 0.1) is 11.8 Å². The summed E-state index contributed by atoms with van der Waals surface area (Å²) in [5, 5.41) is 2.15. The number of alkyl halides is 3. The van der Waals surface area contributed by atoms with E-state index in [1.807, 2.05) is 0 Å². The third-order valence-electron chi connectivity index (χ3n) is 5.54. The van der Waals surface area contributed by atoms with Gasteiger partial charge in [0.25, 0.3) is 0 Å². The first-order chi connectivity index (χ1) is 14.1. The Morgan fingerprint density at radius 3 is 2.23 bits per heavy atom. The summed E-state index contributed by atoms with van der Waals surface area (Å²) in [6, 6.07) is 4.51. The molecular weight excluding hydrogens is 403 g/mol. The van der Waals surface area contributed by atoms with E-state index in [9.17, 15) is 32.3 Å². The molecule has 4 amide bonds. The SMILES string of the molecule is CN(CC(=O)Nc1ccccc1C(F)(F)F)C(=O)CN1C(=O)[C@H]2CCCC[C@@H]2C1=O. The van der Waals surface area contributed by atoms with Gasteiger partial charge in [0.1, 0.15) is 6.54 Å². The number of carbonyl (C=O) groups excluding carboxylic acids is 4. The van der Waals surface area contributed by atoms with Crippen molar-refractivity contribution in [3.8, 4) is 0 Å². The van der Waals surface area contributed by atoms with E-state index in [1.165, 1.54) is 19.2 Å². The predicted octanol–water partition coefficient (Wildman–Crippen LogP) is 2.28. The molecule has 1 N–H and O–H groups in total. The minimum Gasteiger partial charge on any atom is -0.335 e. The van der Waals surface area contributed by atoms with Crippen LogP contribution in [0.1, 0.15) is 31.2 Å². The third-order valence-corrected chi connectivity index (χ3v) is 5.54. The number of benzene rings is 1. The van der Waals surface area contributed by atoms with Gasteiger partial charge in [-0.2, -0.15) is 13.2 Å². The molecule has 0 bridgehead atoms. The highest BCUT2D eigenvalue weighted by Crippen LogP contribution is 2.38. The van der Waals surface area contributed by atoms with E-state index >= 15 is 0 Å². The van der Waals surface area contributed by atoms with Gasteiger partial charge in [0.15, 0.2) is 0 Å². The van der Waals surface area contributed by atoms with Crippen LogP contribution in [0.25, 0.3) is 0 Å². The van der Waals surface area contributed by atoms with Crippen molar-refractivity contribution in [2.45, 2.75) is 31.9 Å². The van der Waals surface area contributed by atoms with Crippen LogP contribution in [0.15, 0.2) is 24.3 Å². The van der Waals surface area contributed by atoms with E-state index in [2.05, 4.69) is 5.32 Å². The minimum absolute atomic E-state index is 0.366. The molecule has 1 aromatic rings. The standard InChI is InChI=1S/C20H22F3N3O4/c1-25(10-16(27)24-15-9-5-4-8-14(15)20(21,22)23)17(28)11-26-18(29)12-6-2-3-7-13(12)19(26)30/h4-5,8-9,12-13H,2-3,6-7,10-11H2,1H3,(H,24,27)/t12-,13-/m0/s1. The van der Waals surface area contributed by atoms with E-state index in [4.69, 9.17) is 0 Å². The Morgan fingerprint density at radius 1 is 1.10 bits per heavy atom. The number of nitrogens with zero attached hydrogens (tertiary/aromatic N) is 2. The summed E-state index contributed by atoms with van der Waals surface area (Å²) in [6.07, 6.45) is -1.67. The molecule has 3 rings (SSSR count). The number of nitrogens with one attached hydrogen (secondary N) is 1. The zero-order valence-corrected chi connectivity index (χ0v) is 16.4. The van der Waals surface area contributed by atoms with Gasteiger partial charge in [0.2, 0.25) is 23.6 Å². The van der Waals surface area contributed by atoms with Crippen LogP contribution >= 0.6 is 0 Å². The van der Waals surface area contributed by atoms with Crippen molar-refractivity contribution in [3.05, 3.63) is 29.8 Å². The second-order valence-electron chi connectivity index (χ2n) is 7.60. The van der Waals surface area contributed by atoms with E-state index in [-0.39, 0.29) is 23.7 Å². The van der Waals surface area contributed by atoms with Gasteiger partial charge in [-0.1, -0.05) is 25.0 Å². The first-order valence-corrected chi connectivity index (χ1v) is 9.65. The van der Waals surface area contributed by atoms with Crippen molar-refractivity contribution in [2.75, 3.05) is 25.5 Å². The third kappa shape index (κ3) is 4.47. The number of anilines is 1. The number of carbonyl (C=O) groups is 4. The fourth-order valence-electron chi connectivity index (χ4n) is 3.98. The summed E-state index contributed by atoms with van der Waals surface area (Å²) >= 11 is 0. The summed E-state index contributed by atoms with van der Waals surface area (Å²) in [6.45, 7) is -0.998. The second kappa shape index (κ2) is 8.45. The predicted molar refractivity (Wildman–Crippen MR) is 99.9 cm³/mol. The molecule has 1 aliphatic carbocycles. The van der Waals surface area contributed by atoms with E-state index in [0.29, 0.717) is 12.8 Å². The van der Waals surface area contributed by atoms with Gasteiger partial charge < -0.3 is 10.2 Å². The summed E-state index contributed by atoms with van der Waals surface area (Å²) in [5.41, 5.74) is -1.41. The molecule has 2 aliphatic rings. The lowest BCUT2D eigenvalue weighted by Crippen LogP contribution is -2.44. The normalized spacial score (nSPS) is 21.4. The van der Waals surface area contributed by atoms with E-state index in [1.54, 1.807) is 0 Å². The smallest absolute Gasteiger partial charge is 0.335 e. The molecule has 10 heteroatoms. The lowest BCUT2D eigenvalue weighted by Gasteiger charge is -2.21. The van der Waals surface area contributed by atoms with Crippen molar-refractivity contribution < 1.29 is 32.3 Å². The van der Waals surface area contributed by atoms with Gasteiger partial charge in [0, 0.05) is 7.05 Å². The Morgan fingerprint density at radius 2 is 1.67 bits per heavy atom. The maximum Gasteiger partial charge on any atom is 0.418 e. The molecule has 1 saturated heterocycles. The Kier molecular flexibility index (Phi) is 6.14. The number of fused-ring (bicyclic) bond motifs is 1. The number of halogens is 3. The quantitative estimate of drug-likeness (QED) is 0.734. The molecule has 0 aromatic heterocycles. The molecule has 30 heavy (non-hydrogen) atoms. The zero-order chi connectivity index (χ0) is 22.1. The molecule has 0 spiro atoms. The minimum atomic E-state index is -4.64. The number of hydrogen-bond donors (Lipinski definition) is 1. The first kappa shape index (κ1) is 21.8. The van der Waals surface area contributed by atoms with E-state index in [0.717, 1.165) is 34.8 Å². The number of likely N-dealkylation sites (N-methyl/N-ethyl adjacent to an activating group) is 1. The molecule has 2 fully saturated rings. The largest absolute Gasteiger partial charge is 0.418 e.